The third kappa shape index (κ3) is 4.46. The van der Waals surface area contributed by atoms with Crippen molar-refractivity contribution in [3.63, 3.8) is 0 Å². The molecule has 22 heavy (non-hydrogen) atoms. The maximum absolute atomic E-state index is 11.8. The van der Waals surface area contributed by atoms with E-state index >= 15 is 0 Å². The number of nitrogens with zero attached hydrogens (tertiary/aromatic N) is 1. The van der Waals surface area contributed by atoms with Crippen LogP contribution in [0, 0.1) is 6.92 Å². The lowest BCUT2D eigenvalue weighted by Crippen LogP contribution is -2.26. The van der Waals surface area contributed by atoms with Gasteiger partial charge in [-0.2, -0.15) is 0 Å². The standard InChI is InChI=1S/C16H18N2O4/c1-11-7-13(10-19)8-15(18-11)22-16(20)17-9-12-3-5-14(21-2)6-4-12/h3-8,19H,9-10H2,1-2H3,(H,17,20). The summed E-state index contributed by atoms with van der Waals surface area (Å²) < 4.78 is 10.2. The fourth-order valence-corrected chi connectivity index (χ4v) is 1.90. The molecule has 2 aromatic rings. The van der Waals surface area contributed by atoms with Gasteiger partial charge in [0, 0.05) is 18.3 Å². The van der Waals surface area contributed by atoms with E-state index in [0.29, 0.717) is 17.8 Å². The number of aliphatic hydroxyl groups is 1. The Hall–Kier alpha value is -2.60. The number of aryl methyl sites for hydroxylation is 1. The number of aromatic nitrogens is 1. The van der Waals surface area contributed by atoms with Crippen LogP contribution in [0.15, 0.2) is 36.4 Å². The lowest BCUT2D eigenvalue weighted by molar-refractivity contribution is 0.197. The lowest BCUT2D eigenvalue weighted by atomic mass is 10.2. The van der Waals surface area contributed by atoms with Gasteiger partial charge >= 0.3 is 6.09 Å². The molecule has 0 bridgehead atoms. The Morgan fingerprint density at radius 2 is 1.95 bits per heavy atom. The van der Waals surface area contributed by atoms with Crippen molar-refractivity contribution in [2.75, 3.05) is 7.11 Å². The zero-order valence-electron chi connectivity index (χ0n) is 12.5. The molecular weight excluding hydrogens is 284 g/mol. The summed E-state index contributed by atoms with van der Waals surface area (Å²) in [6.45, 7) is 1.97. The summed E-state index contributed by atoms with van der Waals surface area (Å²) in [6.07, 6.45) is -0.599. The van der Waals surface area contributed by atoms with E-state index in [0.717, 1.165) is 11.3 Å². The Morgan fingerprint density at radius 1 is 1.23 bits per heavy atom. The van der Waals surface area contributed by atoms with Crippen LogP contribution in [0.25, 0.3) is 0 Å². The van der Waals surface area contributed by atoms with Crippen LogP contribution in [0.2, 0.25) is 0 Å². The van der Waals surface area contributed by atoms with Gasteiger partial charge in [-0.25, -0.2) is 9.78 Å². The van der Waals surface area contributed by atoms with Gasteiger partial charge in [0.05, 0.1) is 13.7 Å². The smallest absolute Gasteiger partial charge is 0.414 e. The van der Waals surface area contributed by atoms with Gasteiger partial charge in [0.15, 0.2) is 0 Å². The van der Waals surface area contributed by atoms with Crippen molar-refractivity contribution in [3.8, 4) is 11.6 Å². The topological polar surface area (TPSA) is 80.7 Å². The van der Waals surface area contributed by atoms with Gasteiger partial charge in [0.25, 0.3) is 0 Å². The van der Waals surface area contributed by atoms with Crippen LogP contribution in [0.5, 0.6) is 11.6 Å². The molecule has 0 aliphatic rings. The van der Waals surface area contributed by atoms with Gasteiger partial charge in [-0.15, -0.1) is 0 Å². The number of hydrogen-bond acceptors (Lipinski definition) is 5. The highest BCUT2D eigenvalue weighted by Crippen LogP contribution is 2.13. The molecule has 6 nitrogen and oxygen atoms in total. The molecule has 0 aliphatic carbocycles. The fraction of sp³-hybridized carbons (Fsp3) is 0.250. The molecule has 1 aromatic carbocycles. The number of benzene rings is 1. The second-order valence-corrected chi connectivity index (χ2v) is 4.70. The summed E-state index contributed by atoms with van der Waals surface area (Å²) in [7, 11) is 1.60. The molecule has 2 N–H and O–H groups in total. The summed E-state index contributed by atoms with van der Waals surface area (Å²) in [6, 6.07) is 10.6. The van der Waals surface area contributed by atoms with Crippen LogP contribution >= 0.6 is 0 Å². The number of carbonyl (C=O) groups is 1. The van der Waals surface area contributed by atoms with Gasteiger partial charge in [-0.05, 0) is 36.2 Å². The van der Waals surface area contributed by atoms with Crippen molar-refractivity contribution in [2.45, 2.75) is 20.1 Å². The van der Waals surface area contributed by atoms with E-state index in [1.165, 1.54) is 6.07 Å². The second kappa shape index (κ2) is 7.42. The maximum Gasteiger partial charge on any atom is 0.414 e. The summed E-state index contributed by atoms with van der Waals surface area (Å²) in [5, 5.41) is 11.8. The minimum Gasteiger partial charge on any atom is -0.497 e. The number of rotatable bonds is 5. The summed E-state index contributed by atoms with van der Waals surface area (Å²) in [5.74, 6) is 0.920. The quantitative estimate of drug-likeness (QED) is 0.885. The Kier molecular flexibility index (Phi) is 5.32. The fourth-order valence-electron chi connectivity index (χ4n) is 1.90. The molecule has 0 radical (unpaired) electrons. The number of methoxy groups -OCH3 is 1. The van der Waals surface area contributed by atoms with Crippen molar-refractivity contribution in [1.82, 2.24) is 10.3 Å². The number of pyridine rings is 1. The molecule has 1 aromatic heterocycles. The number of ether oxygens (including phenoxy) is 2. The predicted octanol–water partition coefficient (Wildman–Crippen LogP) is 2.18. The van der Waals surface area contributed by atoms with Gasteiger partial charge in [0.2, 0.25) is 5.88 Å². The summed E-state index contributed by atoms with van der Waals surface area (Å²) >= 11 is 0. The van der Waals surface area contributed by atoms with E-state index in [9.17, 15) is 4.79 Å². The van der Waals surface area contributed by atoms with Crippen LogP contribution in [-0.2, 0) is 13.2 Å². The maximum atomic E-state index is 11.8. The minimum absolute atomic E-state index is 0.132. The van der Waals surface area contributed by atoms with Gasteiger partial charge in [-0.1, -0.05) is 12.1 Å². The van der Waals surface area contributed by atoms with Crippen molar-refractivity contribution in [3.05, 3.63) is 53.2 Å². The molecule has 0 unspecified atom stereocenters. The van der Waals surface area contributed by atoms with Gasteiger partial charge < -0.3 is 19.9 Å². The SMILES string of the molecule is COc1ccc(CNC(=O)Oc2cc(CO)cc(C)n2)cc1. The molecule has 1 amide bonds. The van der Waals surface area contributed by atoms with E-state index in [2.05, 4.69) is 10.3 Å². The zero-order chi connectivity index (χ0) is 15.9. The highest BCUT2D eigenvalue weighted by molar-refractivity contribution is 5.69. The van der Waals surface area contributed by atoms with Crippen molar-refractivity contribution in [2.24, 2.45) is 0 Å². The molecule has 1 heterocycles. The molecule has 0 spiro atoms. The minimum atomic E-state index is -0.599. The zero-order valence-corrected chi connectivity index (χ0v) is 12.5. The largest absolute Gasteiger partial charge is 0.497 e. The van der Waals surface area contributed by atoms with Crippen LogP contribution in [0.3, 0.4) is 0 Å². The number of amides is 1. The number of hydrogen-bond donors (Lipinski definition) is 2. The van der Waals surface area contributed by atoms with E-state index in [1.807, 2.05) is 24.3 Å². The first kappa shape index (κ1) is 15.8. The molecular formula is C16H18N2O4. The number of carbonyl (C=O) groups excluding carboxylic acids is 1. The number of nitrogens with one attached hydrogen (secondary N) is 1. The van der Waals surface area contributed by atoms with E-state index in [-0.39, 0.29) is 12.5 Å². The average Bonchev–Trinajstić information content (AvgIpc) is 2.52. The summed E-state index contributed by atoms with van der Waals surface area (Å²) in [4.78, 5) is 15.8. The van der Waals surface area contributed by atoms with E-state index in [4.69, 9.17) is 14.6 Å². The Bertz CT molecular complexity index is 641. The Balaban J connectivity index is 1.91. The molecule has 0 atom stereocenters. The van der Waals surface area contributed by atoms with Gasteiger partial charge in [0.1, 0.15) is 5.75 Å². The van der Waals surface area contributed by atoms with Crippen molar-refractivity contribution in [1.29, 1.82) is 0 Å². The predicted molar refractivity (Wildman–Crippen MR) is 80.8 cm³/mol. The highest BCUT2D eigenvalue weighted by Gasteiger charge is 2.07. The Labute approximate surface area is 128 Å². The first-order valence-corrected chi connectivity index (χ1v) is 6.77. The van der Waals surface area contributed by atoms with Gasteiger partial charge in [-0.3, -0.25) is 0 Å². The van der Waals surface area contributed by atoms with Crippen LogP contribution < -0.4 is 14.8 Å². The van der Waals surface area contributed by atoms with Crippen LogP contribution in [0.1, 0.15) is 16.8 Å². The molecule has 0 saturated carbocycles. The second-order valence-electron chi connectivity index (χ2n) is 4.70. The first-order valence-electron chi connectivity index (χ1n) is 6.77. The normalized spacial score (nSPS) is 10.1. The van der Waals surface area contributed by atoms with Crippen molar-refractivity contribution >= 4 is 6.09 Å². The van der Waals surface area contributed by atoms with E-state index in [1.54, 1.807) is 20.1 Å². The molecule has 0 aliphatic heterocycles. The first-order chi connectivity index (χ1) is 10.6. The lowest BCUT2D eigenvalue weighted by Gasteiger charge is -2.08. The summed E-state index contributed by atoms with van der Waals surface area (Å²) in [5.41, 5.74) is 2.24. The molecule has 116 valence electrons. The van der Waals surface area contributed by atoms with Crippen LogP contribution in [0.4, 0.5) is 4.79 Å². The third-order valence-electron chi connectivity index (χ3n) is 2.97. The van der Waals surface area contributed by atoms with Crippen molar-refractivity contribution < 1.29 is 19.4 Å². The van der Waals surface area contributed by atoms with E-state index < -0.39 is 6.09 Å². The molecule has 6 heteroatoms. The van der Waals surface area contributed by atoms with Crippen LogP contribution in [-0.4, -0.2) is 23.3 Å². The Morgan fingerprint density at radius 3 is 2.59 bits per heavy atom. The average molecular weight is 302 g/mol. The molecule has 0 fully saturated rings. The molecule has 2 rings (SSSR count). The monoisotopic (exact) mass is 302 g/mol. The third-order valence-corrected chi connectivity index (χ3v) is 2.97. The molecule has 0 saturated heterocycles. The number of aliphatic hydroxyl groups excluding tert-OH is 1. The highest BCUT2D eigenvalue weighted by atomic mass is 16.6.